The van der Waals surface area contributed by atoms with Gasteiger partial charge >= 0.3 is 0 Å². The molecule has 208 valence electrons. The van der Waals surface area contributed by atoms with Gasteiger partial charge in [0.25, 0.3) is 5.91 Å². The number of benzene rings is 2. The van der Waals surface area contributed by atoms with Crippen LogP contribution >= 0.6 is 22.6 Å². The number of aliphatic hydroxyl groups is 4. The number of primary amides is 1. The molecule has 3 aliphatic carbocycles. The van der Waals surface area contributed by atoms with Crippen LogP contribution in [-0.2, 0) is 9.59 Å². The van der Waals surface area contributed by atoms with Gasteiger partial charge in [0.05, 0.1) is 29.2 Å². The highest BCUT2D eigenvalue weighted by atomic mass is 127. The lowest BCUT2D eigenvalue weighted by atomic mass is 9.56. The SMILES string of the molecule is Cc1cc(I)cc(/C=C2\c3cccc(O)c3C(=O)C3=C(O)[C@]4(O)C(=O)C(C(N)=O)=C(O)[C@@H](N(C)C)[C@@H]4[C@@H](O)[C@@H]32)c1. The standard InChI is InChI=1S/C29H27IN2O8/c1-11-7-12(9-13(30)8-11)10-15-14-5-4-6-16(33)17(14)23(34)19-18(15)24(35)21-22(32(2)3)25(36)20(28(31)39)27(38)29(21,40)26(19)37/h4-10,18,21-22,24,33,35-37,40H,1-3H3,(H2,31,39)/b15-10+/t18-,21-,22+,24+,29+/m1/s1. The number of halogens is 1. The summed E-state index contributed by atoms with van der Waals surface area (Å²) in [5, 5.41) is 57.1. The molecule has 0 spiro atoms. The molecule has 10 nitrogen and oxygen atoms in total. The predicted octanol–water partition coefficient (Wildman–Crippen LogP) is 2.00. The van der Waals surface area contributed by atoms with E-state index in [1.165, 1.54) is 31.1 Å². The van der Waals surface area contributed by atoms with E-state index < -0.39 is 75.5 Å². The van der Waals surface area contributed by atoms with Crippen molar-refractivity contribution >= 4 is 51.7 Å². The molecule has 2 aromatic carbocycles. The maximum atomic E-state index is 13.8. The number of amides is 1. The number of carbonyl (C=O) groups excluding carboxylic acids is 3. The molecular formula is C29H27IN2O8. The molecule has 2 aromatic rings. The first kappa shape index (κ1) is 28.0. The van der Waals surface area contributed by atoms with E-state index in [0.29, 0.717) is 16.7 Å². The van der Waals surface area contributed by atoms with Crippen LogP contribution in [0.15, 0.2) is 59.1 Å². The normalized spacial score (nSPS) is 29.0. The Labute approximate surface area is 242 Å². The molecule has 0 aromatic heterocycles. The number of nitrogens with two attached hydrogens (primary N) is 1. The number of phenolic OH excluding ortho intramolecular Hbond substituents is 1. The van der Waals surface area contributed by atoms with Gasteiger partial charge in [0.1, 0.15) is 22.8 Å². The van der Waals surface area contributed by atoms with Crippen molar-refractivity contribution in [3.05, 3.63) is 84.9 Å². The van der Waals surface area contributed by atoms with Crippen molar-refractivity contribution in [3.8, 4) is 5.75 Å². The Morgan fingerprint density at radius 1 is 1.12 bits per heavy atom. The van der Waals surface area contributed by atoms with E-state index in [4.69, 9.17) is 5.73 Å². The summed E-state index contributed by atoms with van der Waals surface area (Å²) in [4.78, 5) is 41.0. The van der Waals surface area contributed by atoms with Crippen LogP contribution in [-0.4, -0.2) is 79.7 Å². The number of rotatable bonds is 3. The van der Waals surface area contributed by atoms with Crippen molar-refractivity contribution in [1.82, 2.24) is 4.90 Å². The minimum absolute atomic E-state index is 0.177. The maximum Gasteiger partial charge on any atom is 0.255 e. The summed E-state index contributed by atoms with van der Waals surface area (Å²) in [5.74, 6) is -8.79. The van der Waals surface area contributed by atoms with E-state index in [9.17, 15) is 39.9 Å². The third-order valence-electron chi connectivity index (χ3n) is 7.92. The minimum Gasteiger partial charge on any atom is -0.510 e. The Morgan fingerprint density at radius 2 is 1.80 bits per heavy atom. The number of Topliss-reactive ketones (excluding diaryl/α,β-unsaturated/α-hetero) is 2. The molecule has 0 fully saturated rings. The van der Waals surface area contributed by atoms with Gasteiger partial charge in [0, 0.05) is 9.49 Å². The van der Waals surface area contributed by atoms with E-state index in [1.807, 2.05) is 25.1 Å². The first-order chi connectivity index (χ1) is 18.7. The third kappa shape index (κ3) is 3.83. The van der Waals surface area contributed by atoms with E-state index in [0.717, 1.165) is 9.13 Å². The van der Waals surface area contributed by atoms with E-state index >= 15 is 0 Å². The van der Waals surface area contributed by atoms with Crippen LogP contribution in [0, 0.1) is 22.3 Å². The molecule has 0 bridgehead atoms. The number of aryl methyl sites for hydroxylation is 1. The number of aliphatic hydroxyl groups excluding tert-OH is 3. The number of hydrogen-bond acceptors (Lipinski definition) is 9. The van der Waals surface area contributed by atoms with Crippen LogP contribution in [0.1, 0.15) is 27.0 Å². The summed E-state index contributed by atoms with van der Waals surface area (Å²) in [6.07, 6.45) is -0.0101. The van der Waals surface area contributed by atoms with Crippen LogP contribution in [0.3, 0.4) is 0 Å². The summed E-state index contributed by atoms with van der Waals surface area (Å²) >= 11 is 2.16. The van der Waals surface area contributed by atoms with Crippen LogP contribution < -0.4 is 5.73 Å². The molecule has 0 saturated heterocycles. The zero-order chi connectivity index (χ0) is 29.4. The van der Waals surface area contributed by atoms with E-state index in [-0.39, 0.29) is 5.56 Å². The summed E-state index contributed by atoms with van der Waals surface area (Å²) in [5.41, 5.74) is 3.08. The Bertz CT molecular complexity index is 1590. The third-order valence-corrected chi connectivity index (χ3v) is 8.54. The Balaban J connectivity index is 1.88. The van der Waals surface area contributed by atoms with Crippen LogP contribution in [0.25, 0.3) is 11.6 Å². The van der Waals surface area contributed by atoms with Gasteiger partial charge in [-0.05, 0) is 84.1 Å². The highest BCUT2D eigenvalue weighted by Gasteiger charge is 2.67. The first-order valence-electron chi connectivity index (χ1n) is 12.4. The summed E-state index contributed by atoms with van der Waals surface area (Å²) in [6, 6.07) is 8.79. The molecule has 40 heavy (non-hydrogen) atoms. The van der Waals surface area contributed by atoms with Crippen LogP contribution in [0.5, 0.6) is 5.75 Å². The number of carbonyl (C=O) groups is 3. The average molecular weight is 658 g/mol. The Kier molecular flexibility index (Phi) is 6.69. The van der Waals surface area contributed by atoms with Gasteiger partial charge in [-0.2, -0.15) is 0 Å². The van der Waals surface area contributed by atoms with E-state index in [2.05, 4.69) is 22.6 Å². The molecule has 7 N–H and O–H groups in total. The Hall–Kier alpha value is -3.52. The van der Waals surface area contributed by atoms with Gasteiger partial charge in [-0.3, -0.25) is 19.3 Å². The number of phenols is 1. The second-order valence-electron chi connectivity index (χ2n) is 10.6. The zero-order valence-electron chi connectivity index (χ0n) is 21.7. The topological polar surface area (TPSA) is 182 Å². The summed E-state index contributed by atoms with van der Waals surface area (Å²) in [6.45, 7) is 1.90. The molecule has 5 atom stereocenters. The van der Waals surface area contributed by atoms with Crippen molar-refractivity contribution in [2.24, 2.45) is 17.6 Å². The first-order valence-corrected chi connectivity index (χ1v) is 13.4. The smallest absolute Gasteiger partial charge is 0.255 e. The van der Waals surface area contributed by atoms with Gasteiger partial charge in [0.15, 0.2) is 11.4 Å². The molecule has 0 radical (unpaired) electrons. The molecule has 11 heteroatoms. The lowest BCUT2D eigenvalue weighted by molar-refractivity contribution is -0.159. The summed E-state index contributed by atoms with van der Waals surface area (Å²) in [7, 11) is 2.98. The van der Waals surface area contributed by atoms with E-state index in [1.54, 1.807) is 12.1 Å². The second kappa shape index (κ2) is 9.54. The van der Waals surface area contributed by atoms with Crippen molar-refractivity contribution in [2.45, 2.75) is 24.7 Å². The number of likely N-dealkylation sites (N-methyl/N-ethyl adjacent to an activating group) is 1. The highest BCUT2D eigenvalue weighted by molar-refractivity contribution is 14.1. The van der Waals surface area contributed by atoms with Crippen molar-refractivity contribution < 1.29 is 39.9 Å². The average Bonchev–Trinajstić information content (AvgIpc) is 2.84. The quantitative estimate of drug-likeness (QED) is 0.212. The van der Waals surface area contributed by atoms with Gasteiger partial charge in [0.2, 0.25) is 5.78 Å². The molecule has 0 heterocycles. The number of aromatic hydroxyl groups is 1. The van der Waals surface area contributed by atoms with Crippen molar-refractivity contribution in [2.75, 3.05) is 14.1 Å². The number of nitrogens with zero attached hydrogens (tertiary/aromatic N) is 1. The van der Waals surface area contributed by atoms with Gasteiger partial charge in [-0.1, -0.05) is 24.3 Å². The fourth-order valence-electron chi connectivity index (χ4n) is 6.34. The highest BCUT2D eigenvalue weighted by Crippen LogP contribution is 2.55. The van der Waals surface area contributed by atoms with Gasteiger partial charge in [-0.25, -0.2) is 0 Å². The van der Waals surface area contributed by atoms with Crippen molar-refractivity contribution in [3.63, 3.8) is 0 Å². The van der Waals surface area contributed by atoms with Crippen LogP contribution in [0.4, 0.5) is 0 Å². The largest absolute Gasteiger partial charge is 0.510 e. The molecule has 0 unspecified atom stereocenters. The monoisotopic (exact) mass is 658 g/mol. The number of hydrogen-bond donors (Lipinski definition) is 6. The van der Waals surface area contributed by atoms with Gasteiger partial charge < -0.3 is 31.3 Å². The molecule has 5 rings (SSSR count). The lowest BCUT2D eigenvalue weighted by Crippen LogP contribution is -2.68. The van der Waals surface area contributed by atoms with Gasteiger partial charge in [-0.15, -0.1) is 0 Å². The molecular weight excluding hydrogens is 631 g/mol. The number of ketones is 2. The lowest BCUT2D eigenvalue weighted by Gasteiger charge is -2.52. The molecule has 3 aliphatic rings. The fourth-order valence-corrected chi connectivity index (χ4v) is 7.19. The summed E-state index contributed by atoms with van der Waals surface area (Å²) < 4.78 is 0.921. The molecule has 1 amide bonds. The zero-order valence-corrected chi connectivity index (χ0v) is 23.9. The van der Waals surface area contributed by atoms with Crippen LogP contribution in [0.2, 0.25) is 0 Å². The minimum atomic E-state index is -2.97. The number of fused-ring (bicyclic) bond motifs is 3. The second-order valence-corrected chi connectivity index (χ2v) is 11.8. The molecule has 0 saturated carbocycles. The fraction of sp³-hybridized carbons (Fsp3) is 0.276. The molecule has 0 aliphatic heterocycles. The predicted molar refractivity (Wildman–Crippen MR) is 153 cm³/mol. The van der Waals surface area contributed by atoms with Crippen molar-refractivity contribution in [1.29, 1.82) is 0 Å². The maximum absolute atomic E-state index is 13.8. The Morgan fingerprint density at radius 3 is 2.40 bits per heavy atom.